The third-order valence-electron chi connectivity index (χ3n) is 2.69. The van der Waals surface area contributed by atoms with E-state index in [9.17, 15) is 9.18 Å². The quantitative estimate of drug-likeness (QED) is 0.669. The second-order valence-corrected chi connectivity index (χ2v) is 5.48. The summed E-state index contributed by atoms with van der Waals surface area (Å²) in [5, 5.41) is 10.2. The van der Waals surface area contributed by atoms with Crippen molar-refractivity contribution in [2.45, 2.75) is 26.2 Å². The number of nitrogens with zero attached hydrogens (tertiary/aromatic N) is 3. The normalized spacial score (nSPS) is 11.8. The molecule has 1 aromatic carbocycles. The standard InChI is InChI=1S/C14H16FN5O/c1-14(2,3)11-12(17-13(21)20-18-11)19-16-8-9-6-4-5-7-10(9)15/h4-8H,1-3H3,(H2,17,19,20,21)/b16-8+. The van der Waals surface area contributed by atoms with Gasteiger partial charge in [-0.15, -0.1) is 0 Å². The molecule has 21 heavy (non-hydrogen) atoms. The monoisotopic (exact) mass is 289 g/mol. The maximum Gasteiger partial charge on any atom is 0.363 e. The highest BCUT2D eigenvalue weighted by molar-refractivity contribution is 5.80. The van der Waals surface area contributed by atoms with Gasteiger partial charge in [-0.25, -0.2) is 14.3 Å². The van der Waals surface area contributed by atoms with Gasteiger partial charge in [0.15, 0.2) is 5.82 Å². The number of H-pyrrole nitrogens is 1. The van der Waals surface area contributed by atoms with Crippen molar-refractivity contribution in [2.24, 2.45) is 5.10 Å². The highest BCUT2D eigenvalue weighted by atomic mass is 19.1. The van der Waals surface area contributed by atoms with E-state index in [-0.39, 0.29) is 17.1 Å². The fourth-order valence-electron chi connectivity index (χ4n) is 1.68. The number of hydrogen-bond acceptors (Lipinski definition) is 5. The van der Waals surface area contributed by atoms with Crippen LogP contribution in [0.2, 0.25) is 0 Å². The molecule has 0 aliphatic carbocycles. The lowest BCUT2D eigenvalue weighted by molar-refractivity contribution is 0.553. The number of halogens is 1. The molecule has 110 valence electrons. The Kier molecular flexibility index (Phi) is 4.11. The van der Waals surface area contributed by atoms with Crippen molar-refractivity contribution in [3.63, 3.8) is 0 Å². The highest BCUT2D eigenvalue weighted by Crippen LogP contribution is 2.24. The van der Waals surface area contributed by atoms with Crippen molar-refractivity contribution in [3.05, 3.63) is 51.8 Å². The van der Waals surface area contributed by atoms with E-state index in [4.69, 9.17) is 0 Å². The molecule has 0 unspecified atom stereocenters. The first-order valence-corrected chi connectivity index (χ1v) is 6.39. The summed E-state index contributed by atoms with van der Waals surface area (Å²) < 4.78 is 13.4. The van der Waals surface area contributed by atoms with E-state index in [1.807, 2.05) is 20.8 Å². The Morgan fingerprint density at radius 1 is 1.33 bits per heavy atom. The smallest absolute Gasteiger partial charge is 0.260 e. The molecule has 0 saturated carbocycles. The first kappa shape index (κ1) is 14.8. The van der Waals surface area contributed by atoms with Crippen molar-refractivity contribution in [3.8, 4) is 0 Å². The molecule has 6 nitrogen and oxygen atoms in total. The summed E-state index contributed by atoms with van der Waals surface area (Å²) in [6, 6.07) is 6.24. The van der Waals surface area contributed by atoms with Crippen LogP contribution in [-0.4, -0.2) is 21.4 Å². The number of benzene rings is 1. The van der Waals surface area contributed by atoms with Crippen LogP contribution >= 0.6 is 0 Å². The molecule has 0 radical (unpaired) electrons. The van der Waals surface area contributed by atoms with Crippen LogP contribution in [0, 0.1) is 5.82 Å². The molecule has 0 atom stereocenters. The van der Waals surface area contributed by atoms with Gasteiger partial charge in [0.2, 0.25) is 0 Å². The summed E-state index contributed by atoms with van der Waals surface area (Å²) >= 11 is 0. The molecule has 2 aromatic rings. The van der Waals surface area contributed by atoms with Crippen LogP contribution in [0.25, 0.3) is 0 Å². The zero-order chi connectivity index (χ0) is 15.5. The van der Waals surface area contributed by atoms with Crippen molar-refractivity contribution in [1.29, 1.82) is 0 Å². The molecular formula is C14H16FN5O. The van der Waals surface area contributed by atoms with Crippen molar-refractivity contribution >= 4 is 12.0 Å². The lowest BCUT2D eigenvalue weighted by Gasteiger charge is -2.18. The Labute approximate surface area is 121 Å². The fraction of sp³-hybridized carbons (Fsp3) is 0.286. The molecule has 2 N–H and O–H groups in total. The SMILES string of the molecule is CC(C)(C)c1n[nH]c(=O)nc1N/N=C/c1ccccc1F. The van der Waals surface area contributed by atoms with Gasteiger partial charge in [-0.3, -0.25) is 5.43 Å². The van der Waals surface area contributed by atoms with Gasteiger partial charge in [0.05, 0.1) is 6.21 Å². The molecule has 0 aliphatic heterocycles. The van der Waals surface area contributed by atoms with Crippen LogP contribution in [0.3, 0.4) is 0 Å². The summed E-state index contributed by atoms with van der Waals surface area (Å²) in [5.74, 6) is -0.130. The van der Waals surface area contributed by atoms with Crippen LogP contribution in [0.15, 0.2) is 34.2 Å². The second kappa shape index (κ2) is 5.82. The van der Waals surface area contributed by atoms with Gasteiger partial charge >= 0.3 is 5.69 Å². The molecule has 0 spiro atoms. The number of nitrogens with one attached hydrogen (secondary N) is 2. The highest BCUT2D eigenvalue weighted by Gasteiger charge is 2.21. The lowest BCUT2D eigenvalue weighted by Crippen LogP contribution is -2.24. The van der Waals surface area contributed by atoms with Gasteiger partial charge in [-0.05, 0) is 6.07 Å². The van der Waals surface area contributed by atoms with Crippen LogP contribution in [0.4, 0.5) is 10.2 Å². The summed E-state index contributed by atoms with van der Waals surface area (Å²) in [7, 11) is 0. The third-order valence-corrected chi connectivity index (χ3v) is 2.69. The van der Waals surface area contributed by atoms with E-state index in [2.05, 4.69) is 25.7 Å². The zero-order valence-electron chi connectivity index (χ0n) is 12.0. The number of hydrazone groups is 1. The van der Waals surface area contributed by atoms with Gasteiger partial charge in [-0.2, -0.15) is 15.2 Å². The largest absolute Gasteiger partial charge is 0.363 e. The summed E-state index contributed by atoms with van der Waals surface area (Å²) in [4.78, 5) is 15.1. The van der Waals surface area contributed by atoms with Crippen molar-refractivity contribution < 1.29 is 4.39 Å². The molecular weight excluding hydrogens is 273 g/mol. The van der Waals surface area contributed by atoms with E-state index < -0.39 is 5.69 Å². The molecule has 7 heteroatoms. The van der Waals surface area contributed by atoms with E-state index in [1.54, 1.807) is 18.2 Å². The molecule has 2 rings (SSSR count). The molecule has 0 fully saturated rings. The maximum absolute atomic E-state index is 13.4. The number of hydrogen-bond donors (Lipinski definition) is 2. The lowest BCUT2D eigenvalue weighted by atomic mass is 9.92. The molecule has 0 bridgehead atoms. The van der Waals surface area contributed by atoms with Crippen LogP contribution in [-0.2, 0) is 5.41 Å². The Hall–Kier alpha value is -2.57. The zero-order valence-corrected chi connectivity index (χ0v) is 12.0. The van der Waals surface area contributed by atoms with Gasteiger partial charge in [-0.1, -0.05) is 39.0 Å². The molecule has 1 heterocycles. The molecule has 1 aromatic heterocycles. The summed E-state index contributed by atoms with van der Waals surface area (Å²) in [6.07, 6.45) is 1.32. The van der Waals surface area contributed by atoms with Crippen molar-refractivity contribution in [1.82, 2.24) is 15.2 Å². The summed E-state index contributed by atoms with van der Waals surface area (Å²) in [5.41, 5.74) is 2.64. The van der Waals surface area contributed by atoms with Gasteiger partial charge in [0, 0.05) is 11.0 Å². The van der Waals surface area contributed by atoms with E-state index in [0.717, 1.165) is 0 Å². The maximum atomic E-state index is 13.4. The predicted octanol–water partition coefficient (Wildman–Crippen LogP) is 2.05. The van der Waals surface area contributed by atoms with Crippen LogP contribution in [0.1, 0.15) is 32.0 Å². The van der Waals surface area contributed by atoms with Gasteiger partial charge in [0.1, 0.15) is 11.5 Å². The number of aromatic amines is 1. The summed E-state index contributed by atoms with van der Waals surface area (Å²) in [6.45, 7) is 5.79. The number of rotatable bonds is 3. The van der Waals surface area contributed by atoms with Crippen LogP contribution in [0.5, 0.6) is 0 Å². The van der Waals surface area contributed by atoms with Crippen molar-refractivity contribution in [2.75, 3.05) is 5.43 Å². The minimum absolute atomic E-state index is 0.249. The van der Waals surface area contributed by atoms with E-state index >= 15 is 0 Å². The third kappa shape index (κ3) is 3.71. The first-order chi connectivity index (χ1) is 9.88. The van der Waals surface area contributed by atoms with Crippen LogP contribution < -0.4 is 11.1 Å². The first-order valence-electron chi connectivity index (χ1n) is 6.39. The molecule has 0 saturated heterocycles. The number of anilines is 1. The Morgan fingerprint density at radius 3 is 2.71 bits per heavy atom. The predicted molar refractivity (Wildman–Crippen MR) is 79.0 cm³/mol. The van der Waals surface area contributed by atoms with E-state index in [0.29, 0.717) is 11.3 Å². The minimum Gasteiger partial charge on any atom is -0.260 e. The average Bonchev–Trinajstić information content (AvgIpc) is 2.39. The average molecular weight is 289 g/mol. The van der Waals surface area contributed by atoms with Gasteiger partial charge < -0.3 is 0 Å². The minimum atomic E-state index is -0.577. The Bertz CT molecular complexity index is 718. The van der Waals surface area contributed by atoms with E-state index in [1.165, 1.54) is 12.3 Å². The second-order valence-electron chi connectivity index (χ2n) is 5.48. The molecule has 0 aliphatic rings. The fourth-order valence-corrected chi connectivity index (χ4v) is 1.68. The number of aromatic nitrogens is 3. The Morgan fingerprint density at radius 2 is 2.05 bits per heavy atom. The van der Waals surface area contributed by atoms with Gasteiger partial charge in [0.25, 0.3) is 0 Å². The topological polar surface area (TPSA) is 83.0 Å². The Balaban J connectivity index is 2.26. The molecule has 0 amide bonds.